The van der Waals surface area contributed by atoms with Crippen LogP contribution in [0.3, 0.4) is 0 Å². The Bertz CT molecular complexity index is 3100. The molecule has 11 aromatic rings. The van der Waals surface area contributed by atoms with Crippen molar-refractivity contribution in [2.45, 2.75) is 0 Å². The van der Waals surface area contributed by atoms with Crippen LogP contribution in [0.5, 0.6) is 0 Å². The second-order valence-electron chi connectivity index (χ2n) is 12.5. The predicted octanol–water partition coefficient (Wildman–Crippen LogP) is 12.8. The fraction of sp³-hybridized carbons (Fsp3) is 0. The van der Waals surface area contributed by atoms with Gasteiger partial charge < -0.3 is 4.57 Å². The highest BCUT2D eigenvalue weighted by Gasteiger charge is 2.24. The predicted molar refractivity (Wildman–Crippen MR) is 211 cm³/mol. The third-order valence-corrected chi connectivity index (χ3v) is 12.1. The highest BCUT2D eigenvalue weighted by Crippen LogP contribution is 2.52. The van der Waals surface area contributed by atoms with E-state index in [1.807, 2.05) is 46.9 Å². The van der Waals surface area contributed by atoms with Gasteiger partial charge in [0.2, 0.25) is 0 Å². The van der Waals surface area contributed by atoms with E-state index in [0.717, 1.165) is 39.2 Å². The Morgan fingerprint density at radius 3 is 1.82 bits per heavy atom. The molecule has 0 radical (unpaired) electrons. The summed E-state index contributed by atoms with van der Waals surface area (Å²) in [5.41, 5.74) is 7.49. The van der Waals surface area contributed by atoms with Crippen molar-refractivity contribution < 1.29 is 0 Å². The van der Waals surface area contributed by atoms with Gasteiger partial charge in [-0.3, -0.25) is 0 Å². The number of para-hydroxylation sites is 1. The van der Waals surface area contributed by atoms with Gasteiger partial charge in [0.05, 0.1) is 26.9 Å². The van der Waals surface area contributed by atoms with Gasteiger partial charge in [-0.25, -0.2) is 9.97 Å². The monoisotopic (exact) mass is 659 g/mol. The molecule has 0 saturated heterocycles. The highest BCUT2D eigenvalue weighted by molar-refractivity contribution is 7.30. The quantitative estimate of drug-likeness (QED) is 0.189. The van der Waals surface area contributed by atoms with Crippen LogP contribution in [0.25, 0.3) is 101 Å². The van der Waals surface area contributed by atoms with Crippen molar-refractivity contribution in [2.75, 3.05) is 0 Å². The van der Waals surface area contributed by atoms with E-state index in [0.29, 0.717) is 0 Å². The number of nitrogens with zero attached hydrogens (tertiary/aromatic N) is 3. The number of benzene rings is 7. The average molecular weight is 660 g/mol. The summed E-state index contributed by atoms with van der Waals surface area (Å²) in [4.78, 5) is 10.4. The van der Waals surface area contributed by atoms with Gasteiger partial charge in [0, 0.05) is 68.6 Å². The summed E-state index contributed by atoms with van der Waals surface area (Å²) in [5.74, 6) is 0.727. The van der Waals surface area contributed by atoms with Gasteiger partial charge in [0.15, 0.2) is 5.82 Å². The van der Waals surface area contributed by atoms with Gasteiger partial charge in [0.25, 0.3) is 0 Å². The van der Waals surface area contributed by atoms with Crippen LogP contribution in [0.2, 0.25) is 0 Å². The number of thiophene rings is 2. The third kappa shape index (κ3) is 3.88. The van der Waals surface area contributed by atoms with Crippen molar-refractivity contribution in [3.8, 4) is 28.3 Å². The van der Waals surface area contributed by atoms with Crippen LogP contribution in [-0.4, -0.2) is 14.5 Å². The molecular weight excluding hydrogens is 635 g/mol. The first kappa shape index (κ1) is 27.1. The number of hydrogen-bond acceptors (Lipinski definition) is 4. The Morgan fingerprint density at radius 2 is 1.06 bits per heavy atom. The number of fused-ring (bicyclic) bond motifs is 13. The van der Waals surface area contributed by atoms with Crippen molar-refractivity contribution in [3.63, 3.8) is 0 Å². The largest absolute Gasteiger partial charge is 0.308 e. The van der Waals surface area contributed by atoms with Crippen LogP contribution in [0.4, 0.5) is 0 Å². The molecule has 0 saturated carbocycles. The summed E-state index contributed by atoms with van der Waals surface area (Å²) in [7, 11) is 0. The minimum atomic E-state index is 0.727. The maximum Gasteiger partial charge on any atom is 0.160 e. The van der Waals surface area contributed by atoms with Gasteiger partial charge in [-0.15, -0.1) is 22.7 Å². The zero-order valence-corrected chi connectivity index (χ0v) is 27.7. The van der Waals surface area contributed by atoms with Crippen LogP contribution in [-0.2, 0) is 0 Å². The lowest BCUT2D eigenvalue weighted by Gasteiger charge is -2.13. The zero-order valence-electron chi connectivity index (χ0n) is 26.1. The Kier molecular flexibility index (Phi) is 5.70. The maximum atomic E-state index is 5.22. The molecule has 0 bridgehead atoms. The Labute approximate surface area is 289 Å². The normalized spacial score (nSPS) is 12.1. The molecule has 0 aliphatic rings. The van der Waals surface area contributed by atoms with Crippen LogP contribution in [0.1, 0.15) is 0 Å². The first-order valence-corrected chi connectivity index (χ1v) is 18.1. The minimum absolute atomic E-state index is 0.727. The molecule has 228 valence electrons. The smallest absolute Gasteiger partial charge is 0.160 e. The summed E-state index contributed by atoms with van der Waals surface area (Å²) in [6.45, 7) is 0. The molecule has 0 aliphatic carbocycles. The van der Waals surface area contributed by atoms with E-state index in [9.17, 15) is 0 Å². The van der Waals surface area contributed by atoms with Crippen molar-refractivity contribution >= 4 is 95.7 Å². The van der Waals surface area contributed by atoms with Gasteiger partial charge in [-0.05, 0) is 36.4 Å². The van der Waals surface area contributed by atoms with E-state index in [1.54, 1.807) is 0 Å². The van der Waals surface area contributed by atoms with Crippen LogP contribution in [0, 0.1) is 0 Å². The van der Waals surface area contributed by atoms with E-state index in [4.69, 9.17) is 9.97 Å². The second-order valence-corrected chi connectivity index (χ2v) is 14.6. The molecule has 49 heavy (non-hydrogen) atoms. The molecule has 0 atom stereocenters. The molecule has 4 heterocycles. The molecule has 3 nitrogen and oxygen atoms in total. The fourth-order valence-electron chi connectivity index (χ4n) is 7.67. The van der Waals surface area contributed by atoms with Crippen molar-refractivity contribution in [1.29, 1.82) is 0 Å². The lowest BCUT2D eigenvalue weighted by molar-refractivity contribution is 1.18. The van der Waals surface area contributed by atoms with Gasteiger partial charge in [0.1, 0.15) is 0 Å². The molecule has 0 amide bonds. The summed E-state index contributed by atoms with van der Waals surface area (Å²) in [6.07, 6.45) is 0. The Balaban J connectivity index is 1.31. The molecule has 5 heteroatoms. The van der Waals surface area contributed by atoms with Crippen LogP contribution in [0.15, 0.2) is 152 Å². The molecule has 0 N–H and O–H groups in total. The Morgan fingerprint density at radius 1 is 0.449 bits per heavy atom. The van der Waals surface area contributed by atoms with Gasteiger partial charge in [-0.2, -0.15) is 0 Å². The average Bonchev–Trinajstić information content (AvgIpc) is 3.85. The zero-order chi connectivity index (χ0) is 32.1. The van der Waals surface area contributed by atoms with E-state index in [-0.39, 0.29) is 0 Å². The first-order chi connectivity index (χ1) is 24.3. The molecule has 11 rings (SSSR count). The van der Waals surface area contributed by atoms with Crippen LogP contribution < -0.4 is 0 Å². The van der Waals surface area contributed by atoms with Gasteiger partial charge in [-0.1, -0.05) is 115 Å². The van der Waals surface area contributed by atoms with Crippen molar-refractivity contribution in [1.82, 2.24) is 14.5 Å². The summed E-state index contributed by atoms with van der Waals surface area (Å²) in [5, 5.41) is 8.97. The summed E-state index contributed by atoms with van der Waals surface area (Å²) < 4.78 is 7.81. The van der Waals surface area contributed by atoms with Crippen molar-refractivity contribution in [2.24, 2.45) is 0 Å². The third-order valence-electron chi connectivity index (χ3n) is 9.78. The molecule has 4 aromatic heterocycles. The minimum Gasteiger partial charge on any atom is -0.308 e. The van der Waals surface area contributed by atoms with E-state index in [2.05, 4.69) is 132 Å². The SMILES string of the molecule is c1ccc(-c2nc(-c3ccccc3)c3ccc(-n4c5ccccc5c5c6c7ccccc7sc6c6c7ccccc7sc6c54)cc3n2)cc1. The number of aromatic nitrogens is 3. The summed E-state index contributed by atoms with van der Waals surface area (Å²) >= 11 is 3.82. The topological polar surface area (TPSA) is 30.7 Å². The standard InChI is InChI=1S/C44H25N3S2/c1-3-13-26(14-4-1)40-29-24-23-28(25-33(29)45-44(46-40)27-15-5-2-6-16-27)47-34-20-10-7-17-30(34)37-38-31-18-8-11-21-35(31)48-42(38)39-32-19-9-12-22-36(32)49-43(39)41(37)47/h1-25H. The lowest BCUT2D eigenvalue weighted by atomic mass is 10.0. The van der Waals surface area contributed by atoms with E-state index >= 15 is 0 Å². The molecule has 0 aliphatic heterocycles. The first-order valence-electron chi connectivity index (χ1n) is 16.4. The highest BCUT2D eigenvalue weighted by atomic mass is 32.1. The fourth-order valence-corrected chi connectivity index (χ4v) is 10.3. The van der Waals surface area contributed by atoms with E-state index < -0.39 is 0 Å². The molecule has 0 spiro atoms. The number of hydrogen-bond donors (Lipinski definition) is 0. The van der Waals surface area contributed by atoms with Crippen LogP contribution >= 0.6 is 22.7 Å². The van der Waals surface area contributed by atoms with E-state index in [1.165, 1.54) is 62.2 Å². The molecule has 7 aromatic carbocycles. The lowest BCUT2D eigenvalue weighted by Crippen LogP contribution is -1.98. The second kappa shape index (κ2) is 10.3. The molecule has 0 fully saturated rings. The maximum absolute atomic E-state index is 5.22. The van der Waals surface area contributed by atoms with Crippen molar-refractivity contribution in [3.05, 3.63) is 152 Å². The number of rotatable bonds is 3. The summed E-state index contributed by atoms with van der Waals surface area (Å²) in [6, 6.07) is 54.2. The molecule has 0 unspecified atom stereocenters. The molecular formula is C44H25N3S2. The van der Waals surface area contributed by atoms with Gasteiger partial charge >= 0.3 is 0 Å². The Hall–Kier alpha value is -5.88.